The van der Waals surface area contributed by atoms with E-state index in [1.165, 1.54) is 6.42 Å². The summed E-state index contributed by atoms with van der Waals surface area (Å²) >= 11 is 0. The molecule has 1 aromatic rings. The highest BCUT2D eigenvalue weighted by atomic mass is 16.5. The zero-order chi connectivity index (χ0) is 29.1. The lowest BCUT2D eigenvalue weighted by Gasteiger charge is -2.36. The number of hydrogen-bond donors (Lipinski definition) is 2. The third-order valence-electron chi connectivity index (χ3n) is 9.44. The van der Waals surface area contributed by atoms with Crippen molar-refractivity contribution in [2.24, 2.45) is 17.8 Å². The maximum absolute atomic E-state index is 14.3. The van der Waals surface area contributed by atoms with E-state index in [9.17, 15) is 14.4 Å². The molecule has 7 atom stereocenters. The molecule has 9 heteroatoms. The number of benzene rings is 1. The van der Waals surface area contributed by atoms with Crippen molar-refractivity contribution < 1.29 is 23.9 Å². The number of carbonyl (C=O) groups excluding carboxylic acids is 3. The summed E-state index contributed by atoms with van der Waals surface area (Å²) in [5.74, 6) is -1.10. The van der Waals surface area contributed by atoms with Crippen LogP contribution in [-0.4, -0.2) is 84.6 Å². The minimum atomic E-state index is -1.15. The van der Waals surface area contributed by atoms with Crippen molar-refractivity contribution in [1.29, 1.82) is 0 Å². The number of hydrogen-bond acceptors (Lipinski definition) is 6. The number of carbonyl (C=O) groups is 3. The molecule has 2 bridgehead atoms. The molecule has 1 spiro atoms. The minimum Gasteiger partial charge on any atom is -0.497 e. The number of ether oxygens (including phenoxy) is 2. The molecule has 9 nitrogen and oxygen atoms in total. The predicted octanol–water partition coefficient (Wildman–Crippen LogP) is 3.60. The lowest BCUT2D eigenvalue weighted by atomic mass is 9.74. The van der Waals surface area contributed by atoms with E-state index in [1.54, 1.807) is 30.2 Å². The monoisotopic (exact) mass is 566 g/mol. The van der Waals surface area contributed by atoms with E-state index in [4.69, 9.17) is 9.47 Å². The Morgan fingerprint density at radius 3 is 2.59 bits per heavy atom. The number of amides is 3. The Morgan fingerprint density at radius 1 is 1.12 bits per heavy atom. The Kier molecular flexibility index (Phi) is 9.04. The minimum absolute atomic E-state index is 0.0788. The first-order valence-electron chi connectivity index (χ1n) is 15.5. The molecule has 0 unspecified atom stereocenters. The molecule has 41 heavy (non-hydrogen) atoms. The number of anilines is 1. The molecule has 3 fully saturated rings. The first-order valence-corrected chi connectivity index (χ1v) is 15.5. The van der Waals surface area contributed by atoms with Crippen molar-refractivity contribution in [2.75, 3.05) is 38.6 Å². The van der Waals surface area contributed by atoms with Crippen LogP contribution in [0.5, 0.6) is 5.75 Å². The third kappa shape index (κ3) is 5.63. The maximum atomic E-state index is 14.3. The van der Waals surface area contributed by atoms with Crippen LogP contribution in [0.25, 0.3) is 0 Å². The SMILES string of the molecule is CCCN(CCC)CCN1C(=O)[C@@H]2[C@H](C(=O)Nc3cccc(OC)c3)[C@@H]3C=C[C@@]2(O3)[C@@H]1C(=O)N[C@H]1CCCC[C@@H]1C. The van der Waals surface area contributed by atoms with Crippen LogP contribution in [0.3, 0.4) is 0 Å². The van der Waals surface area contributed by atoms with Gasteiger partial charge in [0.1, 0.15) is 17.4 Å². The Bertz CT molecular complexity index is 1150. The van der Waals surface area contributed by atoms with E-state index >= 15 is 0 Å². The van der Waals surface area contributed by atoms with Crippen LogP contribution in [0, 0.1) is 17.8 Å². The molecular formula is C32H46N4O5. The molecule has 1 aliphatic carbocycles. The van der Waals surface area contributed by atoms with Gasteiger partial charge in [0.25, 0.3) is 0 Å². The van der Waals surface area contributed by atoms with Gasteiger partial charge in [-0.2, -0.15) is 0 Å². The van der Waals surface area contributed by atoms with E-state index in [0.29, 0.717) is 30.4 Å². The molecule has 3 heterocycles. The normalized spacial score (nSPS) is 31.9. The fourth-order valence-electron chi connectivity index (χ4n) is 7.44. The van der Waals surface area contributed by atoms with Gasteiger partial charge in [0.2, 0.25) is 17.7 Å². The second kappa shape index (κ2) is 12.5. The molecule has 1 saturated carbocycles. The quantitative estimate of drug-likeness (QED) is 0.375. The van der Waals surface area contributed by atoms with Crippen LogP contribution in [-0.2, 0) is 19.1 Å². The summed E-state index contributed by atoms with van der Waals surface area (Å²) in [6.07, 6.45) is 9.52. The number of nitrogens with zero attached hydrogens (tertiary/aromatic N) is 2. The first-order chi connectivity index (χ1) is 19.8. The van der Waals surface area contributed by atoms with Crippen LogP contribution in [0.15, 0.2) is 36.4 Å². The summed E-state index contributed by atoms with van der Waals surface area (Å²) in [7, 11) is 1.58. The van der Waals surface area contributed by atoms with Gasteiger partial charge >= 0.3 is 0 Å². The van der Waals surface area contributed by atoms with Crippen LogP contribution >= 0.6 is 0 Å². The smallest absolute Gasteiger partial charge is 0.246 e. The average molecular weight is 567 g/mol. The topological polar surface area (TPSA) is 100 Å². The highest BCUT2D eigenvalue weighted by Gasteiger charge is 2.72. The number of methoxy groups -OCH3 is 1. The number of likely N-dealkylation sites (tertiary alicyclic amines) is 1. The van der Waals surface area contributed by atoms with Gasteiger partial charge in [-0.1, -0.05) is 51.8 Å². The largest absolute Gasteiger partial charge is 0.497 e. The molecule has 224 valence electrons. The Balaban J connectivity index is 1.42. The predicted molar refractivity (Wildman–Crippen MR) is 157 cm³/mol. The van der Waals surface area contributed by atoms with Crippen LogP contribution in [0.1, 0.15) is 59.3 Å². The molecule has 5 rings (SSSR count). The molecule has 3 aliphatic heterocycles. The summed E-state index contributed by atoms with van der Waals surface area (Å²) in [5.41, 5.74) is -0.562. The molecular weight excluding hydrogens is 520 g/mol. The van der Waals surface area contributed by atoms with E-state index in [1.807, 2.05) is 18.2 Å². The Morgan fingerprint density at radius 2 is 1.88 bits per heavy atom. The van der Waals surface area contributed by atoms with Crippen molar-refractivity contribution in [1.82, 2.24) is 15.1 Å². The van der Waals surface area contributed by atoms with Crippen molar-refractivity contribution in [2.45, 2.75) is 83.1 Å². The Labute approximate surface area is 244 Å². The van der Waals surface area contributed by atoms with Gasteiger partial charge in [-0.15, -0.1) is 0 Å². The van der Waals surface area contributed by atoms with Gasteiger partial charge in [-0.3, -0.25) is 14.4 Å². The van der Waals surface area contributed by atoms with E-state index in [2.05, 4.69) is 36.3 Å². The van der Waals surface area contributed by atoms with Gasteiger partial charge in [-0.05, 0) is 56.8 Å². The van der Waals surface area contributed by atoms with Crippen molar-refractivity contribution in [3.05, 3.63) is 36.4 Å². The maximum Gasteiger partial charge on any atom is 0.246 e. The molecule has 2 N–H and O–H groups in total. The van der Waals surface area contributed by atoms with Gasteiger partial charge < -0.3 is 29.9 Å². The third-order valence-corrected chi connectivity index (χ3v) is 9.44. The zero-order valence-corrected chi connectivity index (χ0v) is 24.9. The van der Waals surface area contributed by atoms with Crippen LogP contribution in [0.4, 0.5) is 5.69 Å². The summed E-state index contributed by atoms with van der Waals surface area (Å²) < 4.78 is 11.8. The lowest BCUT2D eigenvalue weighted by Crippen LogP contribution is -2.58. The molecule has 2 saturated heterocycles. The number of nitrogens with one attached hydrogen (secondary N) is 2. The molecule has 0 radical (unpaired) electrons. The molecule has 0 aromatic heterocycles. The second-order valence-electron chi connectivity index (χ2n) is 12.2. The van der Waals surface area contributed by atoms with E-state index in [0.717, 1.165) is 45.2 Å². The standard InChI is InChI=1S/C32H46N4O5/c1-5-16-35(17-6-2)18-19-36-28(30(38)34-24-13-8-7-10-21(24)3)32-15-14-25(41-32)26(27(32)31(36)39)29(37)33-22-11-9-12-23(20-22)40-4/h9,11-12,14-15,20-21,24-28H,5-8,10,13,16-19H2,1-4H3,(H,33,37)(H,34,38)/t21-,24-,25-,26+,27-,28-,32-/m0/s1. The average Bonchev–Trinajstić information content (AvgIpc) is 3.60. The number of rotatable bonds is 12. The van der Waals surface area contributed by atoms with Gasteiger partial charge in [0, 0.05) is 30.9 Å². The highest BCUT2D eigenvalue weighted by molar-refractivity contribution is 6.02. The van der Waals surface area contributed by atoms with Gasteiger partial charge in [0.05, 0.1) is 25.0 Å². The summed E-state index contributed by atoms with van der Waals surface area (Å²) in [6.45, 7) is 9.45. The fourth-order valence-corrected chi connectivity index (χ4v) is 7.44. The summed E-state index contributed by atoms with van der Waals surface area (Å²) in [5, 5.41) is 6.29. The zero-order valence-electron chi connectivity index (χ0n) is 24.9. The van der Waals surface area contributed by atoms with Crippen molar-refractivity contribution >= 4 is 23.4 Å². The number of fused-ring (bicyclic) bond motifs is 1. The van der Waals surface area contributed by atoms with Crippen LogP contribution < -0.4 is 15.4 Å². The summed E-state index contributed by atoms with van der Waals surface area (Å²) in [6, 6.07) is 6.42. The molecule has 4 aliphatic rings. The fraction of sp³-hybridized carbons (Fsp3) is 0.656. The van der Waals surface area contributed by atoms with Crippen molar-refractivity contribution in [3.63, 3.8) is 0 Å². The summed E-state index contributed by atoms with van der Waals surface area (Å²) in [4.78, 5) is 46.2. The van der Waals surface area contributed by atoms with Gasteiger partial charge in [0.15, 0.2) is 0 Å². The first kappa shape index (κ1) is 29.6. The van der Waals surface area contributed by atoms with E-state index in [-0.39, 0.29) is 23.8 Å². The van der Waals surface area contributed by atoms with E-state index < -0.39 is 29.6 Å². The van der Waals surface area contributed by atoms with Crippen molar-refractivity contribution in [3.8, 4) is 5.75 Å². The molecule has 1 aromatic carbocycles. The molecule has 3 amide bonds. The Hall–Kier alpha value is -2.91. The van der Waals surface area contributed by atoms with Crippen LogP contribution in [0.2, 0.25) is 0 Å². The highest BCUT2D eigenvalue weighted by Crippen LogP contribution is 2.55. The second-order valence-corrected chi connectivity index (χ2v) is 12.2. The lowest BCUT2D eigenvalue weighted by molar-refractivity contribution is -0.141. The van der Waals surface area contributed by atoms with Gasteiger partial charge in [-0.25, -0.2) is 0 Å².